The first-order chi connectivity index (χ1) is 9.23. The third-order valence-corrected chi connectivity index (χ3v) is 3.05. The number of carbonyl (C=O) groups excluding carboxylic acids is 1. The molecule has 0 saturated heterocycles. The van der Waals surface area contributed by atoms with Crippen LogP contribution >= 0.6 is 0 Å². The summed E-state index contributed by atoms with van der Waals surface area (Å²) in [5.74, 6) is -3.12. The Labute approximate surface area is 115 Å². The normalized spacial score (nSPS) is 13.7. The quantitative estimate of drug-likeness (QED) is 0.854. The molecule has 0 radical (unpaired) electrons. The maximum Gasteiger partial charge on any atom is 0.305 e. The van der Waals surface area contributed by atoms with Crippen LogP contribution in [0, 0.1) is 11.6 Å². The summed E-state index contributed by atoms with van der Waals surface area (Å²) in [5.41, 5.74) is 5.47. The summed E-state index contributed by atoms with van der Waals surface area (Å²) in [5, 5.41) is 8.59. The van der Waals surface area contributed by atoms with Crippen molar-refractivity contribution in [1.82, 2.24) is 4.90 Å². The number of likely N-dealkylation sites (N-methyl/N-ethyl adjacent to an activating group) is 1. The minimum atomic E-state index is -1.23. The van der Waals surface area contributed by atoms with Gasteiger partial charge in [0, 0.05) is 12.6 Å². The summed E-state index contributed by atoms with van der Waals surface area (Å²) in [4.78, 5) is 23.5. The number of nitrogens with zero attached hydrogens (tertiary/aromatic N) is 1. The molecule has 2 unspecified atom stereocenters. The molecule has 0 spiro atoms. The number of benzene rings is 1. The molecular weight excluding hydrogens is 270 g/mol. The smallest absolute Gasteiger partial charge is 0.305 e. The van der Waals surface area contributed by atoms with Crippen LogP contribution in [-0.2, 0) is 9.59 Å². The van der Waals surface area contributed by atoms with Crippen molar-refractivity contribution in [3.63, 3.8) is 0 Å². The lowest BCUT2D eigenvalue weighted by molar-refractivity contribution is -0.142. The molecular formula is C13H16F2N2O3. The van der Waals surface area contributed by atoms with Gasteiger partial charge >= 0.3 is 5.97 Å². The van der Waals surface area contributed by atoms with Crippen molar-refractivity contribution in [3.8, 4) is 0 Å². The van der Waals surface area contributed by atoms with Crippen LogP contribution in [0.3, 0.4) is 0 Å². The SMILES string of the molecule is CC(c1cc(F)ccc1F)N(C)C(=O)C(N)CC(=O)O. The van der Waals surface area contributed by atoms with Crippen molar-refractivity contribution in [2.45, 2.75) is 25.4 Å². The van der Waals surface area contributed by atoms with Gasteiger partial charge in [-0.1, -0.05) is 0 Å². The van der Waals surface area contributed by atoms with Gasteiger partial charge in [0.15, 0.2) is 0 Å². The number of carboxylic acids is 1. The van der Waals surface area contributed by atoms with Crippen LogP contribution in [-0.4, -0.2) is 35.0 Å². The third kappa shape index (κ3) is 3.74. The lowest BCUT2D eigenvalue weighted by atomic mass is 10.0. The molecule has 0 heterocycles. The van der Waals surface area contributed by atoms with Crippen LogP contribution in [0.5, 0.6) is 0 Å². The van der Waals surface area contributed by atoms with Gasteiger partial charge in [-0.2, -0.15) is 0 Å². The van der Waals surface area contributed by atoms with E-state index in [0.717, 1.165) is 23.1 Å². The van der Waals surface area contributed by atoms with Gasteiger partial charge in [0.2, 0.25) is 5.91 Å². The van der Waals surface area contributed by atoms with E-state index in [2.05, 4.69) is 0 Å². The minimum Gasteiger partial charge on any atom is -0.481 e. The summed E-state index contributed by atoms with van der Waals surface area (Å²) < 4.78 is 26.8. The number of nitrogens with two attached hydrogens (primary N) is 1. The van der Waals surface area contributed by atoms with Crippen molar-refractivity contribution in [2.75, 3.05) is 7.05 Å². The number of carboxylic acid groups (broad SMARTS) is 1. The first kappa shape index (κ1) is 16.0. The Kier molecular flexibility index (Phi) is 5.15. The van der Waals surface area contributed by atoms with Crippen molar-refractivity contribution >= 4 is 11.9 Å². The molecule has 20 heavy (non-hydrogen) atoms. The summed E-state index contributed by atoms with van der Waals surface area (Å²) in [6.45, 7) is 1.50. The zero-order chi connectivity index (χ0) is 15.4. The Morgan fingerprint density at radius 1 is 1.40 bits per heavy atom. The Balaban J connectivity index is 2.90. The van der Waals surface area contributed by atoms with Crippen molar-refractivity contribution in [3.05, 3.63) is 35.4 Å². The predicted molar refractivity (Wildman–Crippen MR) is 67.8 cm³/mol. The molecule has 1 amide bonds. The molecule has 5 nitrogen and oxygen atoms in total. The number of hydrogen-bond acceptors (Lipinski definition) is 3. The number of hydrogen-bond donors (Lipinski definition) is 2. The van der Waals surface area contributed by atoms with E-state index >= 15 is 0 Å². The molecule has 110 valence electrons. The lowest BCUT2D eigenvalue weighted by Crippen LogP contribution is -2.44. The van der Waals surface area contributed by atoms with Crippen molar-refractivity contribution < 1.29 is 23.5 Å². The molecule has 1 aromatic rings. The first-order valence-electron chi connectivity index (χ1n) is 5.93. The Morgan fingerprint density at radius 2 is 2.00 bits per heavy atom. The highest BCUT2D eigenvalue weighted by Crippen LogP contribution is 2.23. The Morgan fingerprint density at radius 3 is 2.55 bits per heavy atom. The third-order valence-electron chi connectivity index (χ3n) is 3.05. The second-order valence-electron chi connectivity index (χ2n) is 4.50. The predicted octanol–water partition coefficient (Wildman–Crippen LogP) is 1.29. The number of carbonyl (C=O) groups is 2. The van der Waals surface area contributed by atoms with Gasteiger partial charge in [0.25, 0.3) is 0 Å². The number of halogens is 2. The molecule has 3 N–H and O–H groups in total. The fraction of sp³-hybridized carbons (Fsp3) is 0.385. The molecule has 7 heteroatoms. The number of rotatable bonds is 5. The lowest BCUT2D eigenvalue weighted by Gasteiger charge is -2.27. The molecule has 0 aliphatic rings. The van der Waals surface area contributed by atoms with Gasteiger partial charge in [-0.25, -0.2) is 8.78 Å². The number of aliphatic carboxylic acids is 1. The molecule has 0 fully saturated rings. The highest BCUT2D eigenvalue weighted by Gasteiger charge is 2.26. The average Bonchev–Trinajstić information content (AvgIpc) is 2.38. The second kappa shape index (κ2) is 6.42. The molecule has 0 aliphatic carbocycles. The van der Waals surface area contributed by atoms with Crippen LogP contribution in [0.1, 0.15) is 24.9 Å². The van der Waals surface area contributed by atoms with Gasteiger partial charge in [-0.05, 0) is 25.1 Å². The Bertz CT molecular complexity index is 522. The van der Waals surface area contributed by atoms with Gasteiger partial charge in [0.05, 0.1) is 18.5 Å². The molecule has 0 saturated carbocycles. The summed E-state index contributed by atoms with van der Waals surface area (Å²) in [6.07, 6.45) is -0.526. The van der Waals surface area contributed by atoms with Gasteiger partial charge in [-0.3, -0.25) is 9.59 Å². The standard InChI is InChI=1S/C13H16F2N2O3/c1-7(9-5-8(14)3-4-10(9)15)17(2)13(20)11(16)6-12(18)19/h3-5,7,11H,6,16H2,1-2H3,(H,18,19). The van der Waals surface area contributed by atoms with Crippen molar-refractivity contribution in [1.29, 1.82) is 0 Å². The fourth-order valence-corrected chi connectivity index (χ4v) is 1.77. The van der Waals surface area contributed by atoms with E-state index in [1.165, 1.54) is 14.0 Å². The van der Waals surface area contributed by atoms with Gasteiger partial charge in [0.1, 0.15) is 11.6 Å². The Hall–Kier alpha value is -2.02. The molecule has 2 atom stereocenters. The molecule has 0 aliphatic heterocycles. The number of amides is 1. The summed E-state index contributed by atoms with van der Waals surface area (Å²) in [6, 6.07) is 0.946. The first-order valence-corrected chi connectivity index (χ1v) is 5.93. The van der Waals surface area contributed by atoms with E-state index in [9.17, 15) is 18.4 Å². The van der Waals surface area contributed by atoms with Crippen molar-refractivity contribution in [2.24, 2.45) is 5.73 Å². The monoisotopic (exact) mass is 286 g/mol. The van der Waals surface area contributed by atoms with Crippen LogP contribution in [0.15, 0.2) is 18.2 Å². The molecule has 0 aromatic heterocycles. The molecule has 0 bridgehead atoms. The maximum absolute atomic E-state index is 13.6. The highest BCUT2D eigenvalue weighted by molar-refractivity contribution is 5.86. The summed E-state index contributed by atoms with van der Waals surface area (Å²) >= 11 is 0. The average molecular weight is 286 g/mol. The van der Waals surface area contributed by atoms with Gasteiger partial charge in [-0.15, -0.1) is 0 Å². The minimum absolute atomic E-state index is 0.00313. The van der Waals surface area contributed by atoms with E-state index in [4.69, 9.17) is 10.8 Å². The topological polar surface area (TPSA) is 83.6 Å². The maximum atomic E-state index is 13.6. The van der Waals surface area contributed by atoms with E-state index in [-0.39, 0.29) is 5.56 Å². The molecule has 1 rings (SSSR count). The second-order valence-corrected chi connectivity index (χ2v) is 4.50. The highest BCUT2D eigenvalue weighted by atomic mass is 19.1. The van der Waals surface area contributed by atoms with Crippen LogP contribution in [0.2, 0.25) is 0 Å². The zero-order valence-electron chi connectivity index (χ0n) is 11.1. The van der Waals surface area contributed by atoms with E-state index in [0.29, 0.717) is 0 Å². The van der Waals surface area contributed by atoms with Crippen LogP contribution in [0.25, 0.3) is 0 Å². The van der Waals surface area contributed by atoms with Crippen LogP contribution in [0.4, 0.5) is 8.78 Å². The zero-order valence-corrected chi connectivity index (χ0v) is 11.1. The van der Waals surface area contributed by atoms with Gasteiger partial charge < -0.3 is 15.7 Å². The summed E-state index contributed by atoms with van der Waals surface area (Å²) in [7, 11) is 1.36. The van der Waals surface area contributed by atoms with E-state index in [1.807, 2.05) is 0 Å². The largest absolute Gasteiger partial charge is 0.481 e. The fourth-order valence-electron chi connectivity index (χ4n) is 1.77. The van der Waals surface area contributed by atoms with Crippen LogP contribution < -0.4 is 5.73 Å². The van der Waals surface area contributed by atoms with E-state index in [1.54, 1.807) is 0 Å². The van der Waals surface area contributed by atoms with E-state index < -0.39 is 42.0 Å². The molecule has 1 aromatic carbocycles.